The molecule has 1 amide bonds. The summed E-state index contributed by atoms with van der Waals surface area (Å²) in [5, 5.41) is 0. The van der Waals surface area contributed by atoms with E-state index in [-0.39, 0.29) is 29.8 Å². The van der Waals surface area contributed by atoms with Gasteiger partial charge < -0.3 is 28.2 Å². The molecule has 2 aliphatic heterocycles. The third kappa shape index (κ3) is 4.65. The predicted molar refractivity (Wildman–Crippen MR) is 136 cm³/mol. The smallest absolute Gasteiger partial charge is 0.409 e. The predicted octanol–water partition coefficient (Wildman–Crippen LogP) is 5.20. The minimum absolute atomic E-state index is 0.185. The van der Waals surface area contributed by atoms with Crippen LogP contribution in [0.5, 0.6) is 0 Å². The van der Waals surface area contributed by atoms with Gasteiger partial charge >= 0.3 is 6.09 Å². The second kappa shape index (κ2) is 9.59. The molecular formula is C28H33F2N3O5. The Labute approximate surface area is 220 Å². The highest BCUT2D eigenvalue weighted by molar-refractivity contribution is 5.69. The summed E-state index contributed by atoms with van der Waals surface area (Å²) in [4.78, 5) is 18.3. The molecule has 4 heterocycles. The minimum atomic E-state index is -0.902. The molecule has 1 aromatic carbocycles. The lowest BCUT2D eigenvalue weighted by Crippen LogP contribution is -2.46. The van der Waals surface area contributed by atoms with Crippen molar-refractivity contribution in [1.29, 1.82) is 0 Å². The summed E-state index contributed by atoms with van der Waals surface area (Å²) in [7, 11) is 1.33. The number of pyridine rings is 1. The molecule has 10 heteroatoms. The number of ether oxygens (including phenoxy) is 4. The highest BCUT2D eigenvalue weighted by Crippen LogP contribution is 2.45. The highest BCUT2D eigenvalue weighted by Gasteiger charge is 2.49. The molecule has 8 nitrogen and oxygen atoms in total. The first-order chi connectivity index (χ1) is 17.9. The van der Waals surface area contributed by atoms with E-state index in [9.17, 15) is 4.79 Å². The van der Waals surface area contributed by atoms with Gasteiger partial charge in [-0.3, -0.25) is 0 Å². The second-order valence-electron chi connectivity index (χ2n) is 10.9. The molecule has 0 saturated carbocycles. The molecule has 0 N–H and O–H groups in total. The lowest BCUT2D eigenvalue weighted by Gasteiger charge is -2.32. The van der Waals surface area contributed by atoms with Gasteiger partial charge in [-0.1, -0.05) is 0 Å². The average molecular weight is 530 g/mol. The number of amides is 1. The molecule has 3 aromatic rings. The Hall–Kier alpha value is -3.08. The molecule has 0 bridgehead atoms. The summed E-state index contributed by atoms with van der Waals surface area (Å²) in [6.45, 7) is 10.5. The van der Waals surface area contributed by atoms with Gasteiger partial charge in [0.1, 0.15) is 17.3 Å². The SMILES string of the molecule is COC(=O)N1CCO[C@@H](Cc2c(-c3c(F)cc(C4OC(C)(C)C(C)(C)O4)cc3F)nc3cc(C)ccn23)C1. The van der Waals surface area contributed by atoms with Gasteiger partial charge in [0.15, 0.2) is 6.29 Å². The number of aromatic nitrogens is 2. The van der Waals surface area contributed by atoms with E-state index in [1.807, 2.05) is 57.3 Å². The number of fused-ring (bicyclic) bond motifs is 1. The zero-order chi connectivity index (χ0) is 27.4. The molecular weight excluding hydrogens is 496 g/mol. The Balaban J connectivity index is 1.54. The number of morpholine rings is 1. The monoisotopic (exact) mass is 529 g/mol. The number of imidazole rings is 1. The summed E-state index contributed by atoms with van der Waals surface area (Å²) in [6, 6.07) is 6.24. The molecule has 0 radical (unpaired) electrons. The summed E-state index contributed by atoms with van der Waals surface area (Å²) in [5.41, 5.74) is 1.02. The van der Waals surface area contributed by atoms with Gasteiger partial charge in [0, 0.05) is 24.7 Å². The van der Waals surface area contributed by atoms with Crippen molar-refractivity contribution < 1.29 is 32.5 Å². The Morgan fingerprint density at radius 2 is 1.79 bits per heavy atom. The fraction of sp³-hybridized carbons (Fsp3) is 0.500. The van der Waals surface area contributed by atoms with Crippen LogP contribution in [-0.4, -0.2) is 64.5 Å². The van der Waals surface area contributed by atoms with Crippen molar-refractivity contribution >= 4 is 11.7 Å². The van der Waals surface area contributed by atoms with Crippen LogP contribution >= 0.6 is 0 Å². The maximum absolute atomic E-state index is 15.7. The lowest BCUT2D eigenvalue weighted by molar-refractivity contribution is -0.0898. The molecule has 2 fully saturated rings. The quantitative estimate of drug-likeness (QED) is 0.463. The van der Waals surface area contributed by atoms with Gasteiger partial charge in [-0.15, -0.1) is 0 Å². The summed E-state index contributed by atoms with van der Waals surface area (Å²) < 4.78 is 56.0. The Morgan fingerprint density at radius 1 is 1.13 bits per heavy atom. The van der Waals surface area contributed by atoms with Crippen LogP contribution in [0.1, 0.15) is 50.8 Å². The molecule has 0 spiro atoms. The molecule has 38 heavy (non-hydrogen) atoms. The fourth-order valence-corrected chi connectivity index (χ4v) is 4.88. The van der Waals surface area contributed by atoms with E-state index in [4.69, 9.17) is 18.9 Å². The first kappa shape index (κ1) is 26.5. The number of carbonyl (C=O) groups excluding carboxylic acids is 1. The molecule has 204 valence electrons. The number of aryl methyl sites for hydroxylation is 1. The summed E-state index contributed by atoms with van der Waals surface area (Å²) in [5.74, 6) is -1.53. The van der Waals surface area contributed by atoms with Crippen LogP contribution in [0.15, 0.2) is 30.5 Å². The third-order valence-electron chi connectivity index (χ3n) is 7.70. The number of benzene rings is 1. The Bertz CT molecular complexity index is 1350. The lowest BCUT2D eigenvalue weighted by atomic mass is 9.90. The Kier molecular flexibility index (Phi) is 6.69. The zero-order valence-electron chi connectivity index (χ0n) is 22.5. The van der Waals surface area contributed by atoms with Crippen molar-refractivity contribution in [2.24, 2.45) is 0 Å². The van der Waals surface area contributed by atoms with E-state index >= 15 is 8.78 Å². The van der Waals surface area contributed by atoms with Crippen LogP contribution in [0.3, 0.4) is 0 Å². The van der Waals surface area contributed by atoms with Crippen LogP contribution in [0.25, 0.3) is 16.9 Å². The number of halogens is 2. The van der Waals surface area contributed by atoms with Crippen LogP contribution in [0.2, 0.25) is 0 Å². The van der Waals surface area contributed by atoms with Gasteiger partial charge in [-0.25, -0.2) is 18.6 Å². The maximum atomic E-state index is 15.7. The molecule has 5 rings (SSSR count). The number of carbonyl (C=O) groups is 1. The van der Waals surface area contributed by atoms with E-state index in [1.165, 1.54) is 19.2 Å². The number of nitrogens with zero attached hydrogens (tertiary/aromatic N) is 3. The van der Waals surface area contributed by atoms with Crippen LogP contribution in [0.4, 0.5) is 13.6 Å². The Morgan fingerprint density at radius 3 is 2.42 bits per heavy atom. The minimum Gasteiger partial charge on any atom is -0.453 e. The molecule has 2 saturated heterocycles. The summed E-state index contributed by atoms with van der Waals surface area (Å²) in [6.07, 6.45) is 0.360. The van der Waals surface area contributed by atoms with Gasteiger partial charge in [0.25, 0.3) is 0 Å². The van der Waals surface area contributed by atoms with Crippen molar-refractivity contribution in [3.63, 3.8) is 0 Å². The normalized spacial score (nSPS) is 21.3. The molecule has 0 aliphatic carbocycles. The van der Waals surface area contributed by atoms with Gasteiger partial charge in [-0.2, -0.15) is 0 Å². The van der Waals surface area contributed by atoms with E-state index in [1.54, 1.807) is 4.90 Å². The zero-order valence-corrected chi connectivity index (χ0v) is 22.5. The molecule has 2 aliphatic rings. The highest BCUT2D eigenvalue weighted by atomic mass is 19.1. The van der Waals surface area contributed by atoms with Crippen molar-refractivity contribution in [3.05, 3.63) is 58.9 Å². The van der Waals surface area contributed by atoms with E-state index in [2.05, 4.69) is 4.98 Å². The first-order valence-electron chi connectivity index (χ1n) is 12.7. The van der Waals surface area contributed by atoms with Crippen LogP contribution < -0.4 is 0 Å². The van der Waals surface area contributed by atoms with Crippen LogP contribution in [0, 0.1) is 18.6 Å². The molecule has 1 atom stereocenters. The average Bonchev–Trinajstić information content (AvgIpc) is 3.30. The number of rotatable bonds is 4. The second-order valence-corrected chi connectivity index (χ2v) is 10.9. The van der Waals surface area contributed by atoms with Gasteiger partial charge in [-0.05, 0) is 64.4 Å². The van der Waals surface area contributed by atoms with E-state index < -0.39 is 41.3 Å². The number of hydrogen-bond donors (Lipinski definition) is 0. The molecule has 0 unspecified atom stereocenters. The standard InChI is InChI=1S/C28H33F2N3O5/c1-16-7-8-33-21(14-18-15-32(9-10-36-18)26(34)35-6)24(31-22(33)11-16)23-19(29)12-17(13-20(23)30)25-37-27(2,3)28(4,5)38-25/h7-8,11-13,18,25H,9-10,14-15H2,1-6H3/t18-/m0/s1. The van der Waals surface area contributed by atoms with E-state index in [0.717, 1.165) is 5.56 Å². The van der Waals surface area contributed by atoms with Crippen molar-refractivity contribution in [2.45, 2.75) is 64.6 Å². The number of methoxy groups -OCH3 is 1. The van der Waals surface area contributed by atoms with Gasteiger partial charge in [0.2, 0.25) is 0 Å². The van der Waals surface area contributed by atoms with E-state index in [0.29, 0.717) is 24.5 Å². The summed E-state index contributed by atoms with van der Waals surface area (Å²) >= 11 is 0. The topological polar surface area (TPSA) is 74.5 Å². The fourth-order valence-electron chi connectivity index (χ4n) is 4.88. The van der Waals surface area contributed by atoms with Crippen molar-refractivity contribution in [2.75, 3.05) is 26.8 Å². The first-order valence-corrected chi connectivity index (χ1v) is 12.7. The maximum Gasteiger partial charge on any atom is 0.409 e. The largest absolute Gasteiger partial charge is 0.453 e. The molecule has 2 aromatic heterocycles. The van der Waals surface area contributed by atoms with Crippen molar-refractivity contribution in [3.8, 4) is 11.3 Å². The third-order valence-corrected chi connectivity index (χ3v) is 7.70. The van der Waals surface area contributed by atoms with Crippen molar-refractivity contribution in [1.82, 2.24) is 14.3 Å². The van der Waals surface area contributed by atoms with Gasteiger partial charge in [0.05, 0.1) is 54.5 Å². The number of hydrogen-bond acceptors (Lipinski definition) is 6. The van der Waals surface area contributed by atoms with Crippen LogP contribution in [-0.2, 0) is 25.4 Å².